The van der Waals surface area contributed by atoms with Gasteiger partial charge in [0.05, 0.1) is 5.02 Å². The lowest BCUT2D eigenvalue weighted by Gasteiger charge is -2.21. The van der Waals surface area contributed by atoms with Gasteiger partial charge >= 0.3 is 0 Å². The van der Waals surface area contributed by atoms with Gasteiger partial charge < -0.3 is 10.1 Å². The molecule has 1 fully saturated rings. The van der Waals surface area contributed by atoms with Crippen LogP contribution < -0.4 is 10.1 Å². The van der Waals surface area contributed by atoms with Gasteiger partial charge in [-0.15, -0.1) is 0 Å². The lowest BCUT2D eigenvalue weighted by molar-refractivity contribution is 0.227. The molecule has 1 saturated carbocycles. The molecular weight excluding hydrogens is 258 g/mol. The highest BCUT2D eigenvalue weighted by atomic mass is 35.5. The third kappa shape index (κ3) is 3.52. The summed E-state index contributed by atoms with van der Waals surface area (Å²) >= 11 is 6.30. The van der Waals surface area contributed by atoms with Crippen LogP contribution in [0.3, 0.4) is 0 Å². The first-order valence-electron chi connectivity index (χ1n) is 7.17. The lowest BCUT2D eigenvalue weighted by Crippen LogP contribution is -2.19. The standard InChI is InChI=1S/C16H20ClNO/c17-15-8-4-5-12(11-18-13-9-10-13)16(15)19-14-6-2-1-3-7-14/h2,4-6,8,13-14,18H,1,3,7,9-11H2. The zero-order valence-corrected chi connectivity index (χ0v) is 11.8. The van der Waals surface area contributed by atoms with E-state index in [9.17, 15) is 0 Å². The van der Waals surface area contributed by atoms with Crippen LogP contribution in [0.2, 0.25) is 5.02 Å². The molecule has 3 heteroatoms. The van der Waals surface area contributed by atoms with Gasteiger partial charge in [-0.05, 0) is 44.2 Å². The fourth-order valence-electron chi connectivity index (χ4n) is 2.40. The molecule has 1 aromatic rings. The highest BCUT2D eigenvalue weighted by molar-refractivity contribution is 6.32. The Morgan fingerprint density at radius 1 is 1.26 bits per heavy atom. The minimum absolute atomic E-state index is 0.174. The van der Waals surface area contributed by atoms with Crippen LogP contribution in [0.1, 0.15) is 37.7 Å². The molecule has 1 unspecified atom stereocenters. The molecular formula is C16H20ClNO. The molecule has 0 saturated heterocycles. The van der Waals surface area contributed by atoms with Crippen molar-refractivity contribution < 1.29 is 4.74 Å². The lowest BCUT2D eigenvalue weighted by atomic mass is 10.1. The van der Waals surface area contributed by atoms with E-state index < -0.39 is 0 Å². The Bertz CT molecular complexity index is 468. The highest BCUT2D eigenvalue weighted by Crippen LogP contribution is 2.32. The predicted octanol–water partition coefficient (Wildman–Crippen LogP) is 4.08. The fraction of sp³-hybridized carbons (Fsp3) is 0.500. The number of hydrogen-bond donors (Lipinski definition) is 1. The van der Waals surface area contributed by atoms with Crippen molar-refractivity contribution in [2.24, 2.45) is 0 Å². The molecule has 0 amide bonds. The summed E-state index contributed by atoms with van der Waals surface area (Å²) < 4.78 is 6.11. The van der Waals surface area contributed by atoms with Crippen molar-refractivity contribution in [3.8, 4) is 5.75 Å². The number of hydrogen-bond acceptors (Lipinski definition) is 2. The predicted molar refractivity (Wildman–Crippen MR) is 78.7 cm³/mol. The summed E-state index contributed by atoms with van der Waals surface area (Å²) in [6.07, 6.45) is 10.6. The zero-order valence-electron chi connectivity index (χ0n) is 11.1. The van der Waals surface area contributed by atoms with Gasteiger partial charge in [-0.1, -0.05) is 29.8 Å². The third-order valence-electron chi connectivity index (χ3n) is 3.69. The molecule has 3 rings (SSSR count). The van der Waals surface area contributed by atoms with Crippen LogP contribution in [-0.4, -0.2) is 12.1 Å². The van der Waals surface area contributed by atoms with Gasteiger partial charge in [0.1, 0.15) is 11.9 Å². The molecule has 2 aliphatic carbocycles. The van der Waals surface area contributed by atoms with Crippen molar-refractivity contribution in [1.29, 1.82) is 0 Å². The van der Waals surface area contributed by atoms with E-state index >= 15 is 0 Å². The van der Waals surface area contributed by atoms with Crippen LogP contribution >= 0.6 is 11.6 Å². The molecule has 0 heterocycles. The maximum Gasteiger partial charge on any atom is 0.143 e. The first-order chi connectivity index (χ1) is 9.33. The van der Waals surface area contributed by atoms with Crippen LogP contribution in [0.15, 0.2) is 30.4 Å². The molecule has 1 aromatic carbocycles. The third-order valence-corrected chi connectivity index (χ3v) is 3.98. The summed E-state index contributed by atoms with van der Waals surface area (Å²) in [5.74, 6) is 0.855. The Kier molecular flexibility index (Phi) is 4.09. The summed E-state index contributed by atoms with van der Waals surface area (Å²) in [4.78, 5) is 0. The van der Waals surface area contributed by atoms with E-state index in [2.05, 4.69) is 23.5 Å². The summed E-state index contributed by atoms with van der Waals surface area (Å²) in [5, 5.41) is 4.24. The van der Waals surface area contributed by atoms with Crippen LogP contribution in [0.4, 0.5) is 0 Å². The second-order valence-electron chi connectivity index (χ2n) is 5.40. The number of ether oxygens (including phenoxy) is 1. The Balaban J connectivity index is 1.72. The summed E-state index contributed by atoms with van der Waals surface area (Å²) in [6, 6.07) is 6.70. The Hall–Kier alpha value is -0.990. The molecule has 0 radical (unpaired) electrons. The number of rotatable bonds is 5. The van der Waals surface area contributed by atoms with Crippen molar-refractivity contribution >= 4 is 11.6 Å². The monoisotopic (exact) mass is 277 g/mol. The Morgan fingerprint density at radius 3 is 2.89 bits per heavy atom. The van der Waals surface area contributed by atoms with Gasteiger partial charge in [0.2, 0.25) is 0 Å². The van der Waals surface area contributed by atoms with E-state index in [1.54, 1.807) is 0 Å². The van der Waals surface area contributed by atoms with Gasteiger partial charge in [0.25, 0.3) is 0 Å². The number of halogens is 1. The topological polar surface area (TPSA) is 21.3 Å². The number of nitrogens with one attached hydrogen (secondary N) is 1. The SMILES string of the molecule is Clc1cccc(CNC2CC2)c1OC1C=CCCC1. The zero-order chi connectivity index (χ0) is 13.1. The average molecular weight is 278 g/mol. The van der Waals surface area contributed by atoms with E-state index in [-0.39, 0.29) is 6.10 Å². The van der Waals surface area contributed by atoms with Gasteiger partial charge in [-0.3, -0.25) is 0 Å². The molecule has 19 heavy (non-hydrogen) atoms. The number of para-hydroxylation sites is 1. The van der Waals surface area contributed by atoms with Gasteiger partial charge in [-0.2, -0.15) is 0 Å². The van der Waals surface area contributed by atoms with Gasteiger partial charge in [0.15, 0.2) is 0 Å². The van der Waals surface area contributed by atoms with E-state index in [1.165, 1.54) is 31.2 Å². The summed E-state index contributed by atoms with van der Waals surface area (Å²) in [7, 11) is 0. The summed E-state index contributed by atoms with van der Waals surface area (Å²) in [5.41, 5.74) is 1.17. The van der Waals surface area contributed by atoms with Gasteiger partial charge in [-0.25, -0.2) is 0 Å². The largest absolute Gasteiger partial charge is 0.484 e. The highest BCUT2D eigenvalue weighted by Gasteiger charge is 2.21. The molecule has 0 spiro atoms. The maximum atomic E-state index is 6.30. The second-order valence-corrected chi connectivity index (χ2v) is 5.81. The van der Waals surface area contributed by atoms with E-state index in [0.717, 1.165) is 18.7 Å². The first kappa shape index (κ1) is 13.0. The van der Waals surface area contributed by atoms with Crippen molar-refractivity contribution in [3.05, 3.63) is 40.9 Å². The fourth-order valence-corrected chi connectivity index (χ4v) is 2.64. The van der Waals surface area contributed by atoms with E-state index in [4.69, 9.17) is 16.3 Å². The van der Waals surface area contributed by atoms with Crippen LogP contribution in [-0.2, 0) is 6.54 Å². The van der Waals surface area contributed by atoms with Crippen LogP contribution in [0.5, 0.6) is 5.75 Å². The van der Waals surface area contributed by atoms with Crippen molar-refractivity contribution in [2.45, 2.75) is 50.8 Å². The smallest absolute Gasteiger partial charge is 0.143 e. The van der Waals surface area contributed by atoms with Crippen molar-refractivity contribution in [1.82, 2.24) is 5.32 Å². The van der Waals surface area contributed by atoms with E-state index in [0.29, 0.717) is 11.1 Å². The minimum atomic E-state index is 0.174. The molecule has 0 bridgehead atoms. The minimum Gasteiger partial charge on any atom is -0.484 e. The Morgan fingerprint density at radius 2 is 2.16 bits per heavy atom. The van der Waals surface area contributed by atoms with Gasteiger partial charge in [0, 0.05) is 18.2 Å². The second kappa shape index (κ2) is 5.98. The summed E-state index contributed by atoms with van der Waals surface area (Å²) in [6.45, 7) is 0.844. The molecule has 1 N–H and O–H groups in total. The first-order valence-corrected chi connectivity index (χ1v) is 7.55. The average Bonchev–Trinajstić information content (AvgIpc) is 3.25. The maximum absolute atomic E-state index is 6.30. The molecule has 2 nitrogen and oxygen atoms in total. The Labute approximate surface area is 119 Å². The number of allylic oxidation sites excluding steroid dienone is 1. The van der Waals surface area contributed by atoms with Crippen LogP contribution in [0.25, 0.3) is 0 Å². The molecule has 1 atom stereocenters. The number of benzene rings is 1. The molecule has 0 aliphatic heterocycles. The van der Waals surface area contributed by atoms with Crippen molar-refractivity contribution in [2.75, 3.05) is 0 Å². The van der Waals surface area contributed by atoms with Crippen molar-refractivity contribution in [3.63, 3.8) is 0 Å². The van der Waals surface area contributed by atoms with Crippen LogP contribution in [0, 0.1) is 0 Å². The quantitative estimate of drug-likeness (QED) is 0.819. The molecule has 0 aromatic heterocycles. The van der Waals surface area contributed by atoms with E-state index in [1.807, 2.05) is 12.1 Å². The molecule has 2 aliphatic rings. The molecule has 102 valence electrons. The normalized spacial score (nSPS) is 22.5.